The number of allylic oxidation sites excluding steroid dienone is 2. The molecule has 0 saturated heterocycles. The topological polar surface area (TPSA) is 26.3 Å². The first-order valence-electron chi connectivity index (χ1n) is 12.4. The molecule has 3 heteroatoms. The molecule has 0 aliphatic heterocycles. The van der Waals surface area contributed by atoms with Crippen molar-refractivity contribution in [3.05, 3.63) is 72.8 Å². The van der Waals surface area contributed by atoms with Crippen LogP contribution >= 0.6 is 0 Å². The van der Waals surface area contributed by atoms with Crippen LogP contribution in [0, 0.1) is 22.7 Å². The van der Waals surface area contributed by atoms with Crippen LogP contribution in [0.1, 0.15) is 61.3 Å². The third-order valence-electron chi connectivity index (χ3n) is 8.91. The number of aldehydes is 1. The molecule has 178 valence electrons. The van der Waals surface area contributed by atoms with Gasteiger partial charge >= 0.3 is 0 Å². The van der Waals surface area contributed by atoms with Gasteiger partial charge in [0, 0.05) is 6.61 Å². The molecule has 0 bridgehead atoms. The number of benzene rings is 2. The second-order valence-corrected chi connectivity index (χ2v) is 16.0. The van der Waals surface area contributed by atoms with Gasteiger partial charge in [-0.05, 0) is 57.0 Å². The second kappa shape index (κ2) is 9.72. The van der Waals surface area contributed by atoms with Gasteiger partial charge in [-0.15, -0.1) is 0 Å². The van der Waals surface area contributed by atoms with Gasteiger partial charge in [0.1, 0.15) is 6.29 Å². The predicted octanol–water partition coefficient (Wildman–Crippen LogP) is 6.40. The van der Waals surface area contributed by atoms with Crippen LogP contribution in [0.25, 0.3) is 0 Å². The fraction of sp³-hybridized carbons (Fsp3) is 0.500. The van der Waals surface area contributed by atoms with Crippen LogP contribution in [-0.2, 0) is 9.22 Å². The Hall–Kier alpha value is -1.97. The molecule has 0 N–H and O–H groups in total. The van der Waals surface area contributed by atoms with Crippen LogP contribution in [0.15, 0.2) is 72.8 Å². The number of hydrogen-bond donors (Lipinski definition) is 0. The summed E-state index contributed by atoms with van der Waals surface area (Å²) in [5.41, 5.74) is 0.233. The van der Waals surface area contributed by atoms with Crippen molar-refractivity contribution in [3.63, 3.8) is 0 Å². The normalized spacial score (nSPS) is 24.2. The molecule has 0 unspecified atom stereocenters. The highest BCUT2D eigenvalue weighted by Crippen LogP contribution is 2.60. The molecule has 3 rings (SSSR count). The first-order chi connectivity index (χ1) is 15.5. The molecule has 2 aromatic rings. The molecule has 3 atom stereocenters. The van der Waals surface area contributed by atoms with Gasteiger partial charge in [-0.2, -0.15) is 0 Å². The fourth-order valence-corrected chi connectivity index (χ4v) is 10.7. The Morgan fingerprint density at radius 2 is 1.52 bits per heavy atom. The highest BCUT2D eigenvalue weighted by molar-refractivity contribution is 6.99. The van der Waals surface area contributed by atoms with E-state index in [0.29, 0.717) is 11.8 Å². The molecule has 0 radical (unpaired) electrons. The van der Waals surface area contributed by atoms with Crippen molar-refractivity contribution in [1.82, 2.24) is 0 Å². The van der Waals surface area contributed by atoms with Crippen LogP contribution in [0.5, 0.6) is 0 Å². The number of rotatable bonds is 8. The summed E-state index contributed by atoms with van der Waals surface area (Å²) in [6.07, 6.45) is 6.95. The summed E-state index contributed by atoms with van der Waals surface area (Å²) in [6.45, 7) is 17.3. The number of carbonyl (C=O) groups excluding carboxylic acids is 1. The van der Waals surface area contributed by atoms with Gasteiger partial charge in [0.2, 0.25) is 0 Å². The molecule has 33 heavy (non-hydrogen) atoms. The minimum absolute atomic E-state index is 0.0122. The van der Waals surface area contributed by atoms with Crippen molar-refractivity contribution >= 4 is 25.0 Å². The summed E-state index contributed by atoms with van der Waals surface area (Å²) >= 11 is 0. The Kier molecular flexibility index (Phi) is 7.55. The lowest BCUT2D eigenvalue weighted by atomic mass is 9.60. The van der Waals surface area contributed by atoms with E-state index in [1.807, 2.05) is 0 Å². The van der Waals surface area contributed by atoms with Gasteiger partial charge in [0.25, 0.3) is 8.32 Å². The Bertz CT molecular complexity index is 903. The predicted molar refractivity (Wildman–Crippen MR) is 143 cm³/mol. The summed E-state index contributed by atoms with van der Waals surface area (Å²) in [5, 5.41) is 2.66. The molecule has 0 aromatic heterocycles. The van der Waals surface area contributed by atoms with E-state index in [1.165, 1.54) is 10.4 Å². The Morgan fingerprint density at radius 3 is 1.97 bits per heavy atom. The van der Waals surface area contributed by atoms with Crippen LogP contribution in [0.4, 0.5) is 0 Å². The van der Waals surface area contributed by atoms with E-state index in [4.69, 9.17) is 4.43 Å². The smallest absolute Gasteiger partial charge is 0.261 e. The maximum atomic E-state index is 10.9. The zero-order valence-corrected chi connectivity index (χ0v) is 22.6. The zero-order chi connectivity index (χ0) is 24.3. The Balaban J connectivity index is 1.99. The molecule has 2 nitrogen and oxygen atoms in total. The van der Waals surface area contributed by atoms with Gasteiger partial charge in [-0.3, -0.25) is 4.79 Å². The minimum atomic E-state index is -2.53. The summed E-state index contributed by atoms with van der Waals surface area (Å²) in [7, 11) is -2.53. The fourth-order valence-electron chi connectivity index (χ4n) is 6.14. The average Bonchev–Trinajstić information content (AvgIpc) is 3.02. The highest BCUT2D eigenvalue weighted by Gasteiger charge is 2.55. The van der Waals surface area contributed by atoms with E-state index in [2.05, 4.69) is 115 Å². The minimum Gasteiger partial charge on any atom is -0.407 e. The van der Waals surface area contributed by atoms with Crippen molar-refractivity contribution in [2.24, 2.45) is 22.7 Å². The lowest BCUT2D eigenvalue weighted by Gasteiger charge is -2.47. The first kappa shape index (κ1) is 25.6. The van der Waals surface area contributed by atoms with Gasteiger partial charge < -0.3 is 4.43 Å². The quantitative estimate of drug-likeness (QED) is 0.258. The summed E-state index contributed by atoms with van der Waals surface area (Å²) in [4.78, 5) is 10.9. The number of hydrogen-bond acceptors (Lipinski definition) is 2. The van der Waals surface area contributed by atoms with Crippen LogP contribution in [0.2, 0.25) is 5.04 Å². The van der Waals surface area contributed by atoms with Crippen molar-refractivity contribution < 1.29 is 9.22 Å². The van der Waals surface area contributed by atoms with E-state index in [9.17, 15) is 4.79 Å². The highest BCUT2D eigenvalue weighted by atomic mass is 28.4. The first-order valence-corrected chi connectivity index (χ1v) is 14.3. The molecule has 1 aliphatic rings. The van der Waals surface area contributed by atoms with Crippen LogP contribution in [-0.4, -0.2) is 21.2 Å². The monoisotopic (exact) mass is 462 g/mol. The molecule has 1 aliphatic carbocycles. The maximum absolute atomic E-state index is 10.9. The van der Waals surface area contributed by atoms with E-state index >= 15 is 0 Å². The molecule has 0 heterocycles. The zero-order valence-electron chi connectivity index (χ0n) is 21.6. The SMILES string of the molecule is C[C@@H](C=CC=O)[C@@]1(C)CC[C@@H](CO[Si](c2ccccc2)(c2ccccc2)C(C)(C)C)C1(C)C. The third kappa shape index (κ3) is 4.55. The maximum Gasteiger partial charge on any atom is 0.261 e. The molecular weight excluding hydrogens is 420 g/mol. The largest absolute Gasteiger partial charge is 0.407 e. The standard InChI is InChI=1S/C30H42O2Si/c1-24(15-14-22-31)30(7)21-20-25(29(30,5)6)23-32-33(28(2,3)4,26-16-10-8-11-17-26)27-18-12-9-13-19-27/h8-19,22,24-25H,20-21,23H2,1-7H3/t24-,25-,30+/m0/s1. The van der Waals surface area contributed by atoms with Crippen molar-refractivity contribution in [2.45, 2.75) is 66.3 Å². The second-order valence-electron chi connectivity index (χ2n) is 11.7. The molecule has 0 amide bonds. The Morgan fingerprint density at radius 1 is 1.00 bits per heavy atom. The summed E-state index contributed by atoms with van der Waals surface area (Å²) in [5.74, 6) is 0.812. The van der Waals surface area contributed by atoms with E-state index in [-0.39, 0.29) is 15.9 Å². The van der Waals surface area contributed by atoms with Crippen molar-refractivity contribution in [2.75, 3.05) is 6.61 Å². The molecule has 2 aromatic carbocycles. The molecule has 1 fully saturated rings. The summed E-state index contributed by atoms with van der Waals surface area (Å²) < 4.78 is 7.30. The molecule has 0 spiro atoms. The molecule has 1 saturated carbocycles. The lowest BCUT2D eigenvalue weighted by Crippen LogP contribution is -2.67. The van der Waals surface area contributed by atoms with E-state index in [0.717, 1.165) is 25.7 Å². The van der Waals surface area contributed by atoms with E-state index < -0.39 is 8.32 Å². The van der Waals surface area contributed by atoms with E-state index in [1.54, 1.807) is 6.08 Å². The van der Waals surface area contributed by atoms with Gasteiger partial charge in [0.05, 0.1) is 0 Å². The molecular formula is C30H42O2Si. The Labute approximate surface area is 202 Å². The lowest BCUT2D eigenvalue weighted by molar-refractivity contribution is -0.104. The third-order valence-corrected chi connectivity index (χ3v) is 13.9. The van der Waals surface area contributed by atoms with Crippen LogP contribution in [0.3, 0.4) is 0 Å². The van der Waals surface area contributed by atoms with Crippen LogP contribution < -0.4 is 10.4 Å². The number of carbonyl (C=O) groups is 1. The summed E-state index contributed by atoms with van der Waals surface area (Å²) in [6, 6.07) is 21.8. The van der Waals surface area contributed by atoms with Crippen molar-refractivity contribution in [1.29, 1.82) is 0 Å². The average molecular weight is 463 g/mol. The van der Waals surface area contributed by atoms with Crippen molar-refractivity contribution in [3.8, 4) is 0 Å². The van der Waals surface area contributed by atoms with Gasteiger partial charge in [-0.1, -0.05) is 115 Å². The van der Waals surface area contributed by atoms with Gasteiger partial charge in [0.15, 0.2) is 0 Å². The van der Waals surface area contributed by atoms with Gasteiger partial charge in [-0.25, -0.2) is 0 Å².